The number of nitrogens with zero attached hydrogens (tertiary/aromatic N) is 1. The Bertz CT molecular complexity index is 259. The Labute approximate surface area is 102 Å². The lowest BCUT2D eigenvalue weighted by Gasteiger charge is -2.28. The van der Waals surface area contributed by atoms with Crippen LogP contribution in [0.3, 0.4) is 0 Å². The number of ether oxygens (including phenoxy) is 3. The van der Waals surface area contributed by atoms with Gasteiger partial charge in [0.05, 0.1) is 6.61 Å². The molecule has 0 radical (unpaired) electrons. The van der Waals surface area contributed by atoms with Gasteiger partial charge in [0.1, 0.15) is 7.11 Å². The second kappa shape index (κ2) is 8.03. The number of oxime groups is 1. The molecule has 0 aliphatic heterocycles. The first kappa shape index (κ1) is 15.9. The molecule has 0 aliphatic carbocycles. The average molecular weight is 247 g/mol. The van der Waals surface area contributed by atoms with Gasteiger partial charge in [-0.15, -0.1) is 0 Å². The summed E-state index contributed by atoms with van der Waals surface area (Å²) in [5.74, 6) is -1.87. The molecule has 0 bridgehead atoms. The van der Waals surface area contributed by atoms with Crippen LogP contribution in [-0.4, -0.2) is 44.4 Å². The molecule has 0 spiro atoms. The molecule has 6 nitrogen and oxygen atoms in total. The monoisotopic (exact) mass is 247 g/mol. The number of carbonyl (C=O) groups excluding carboxylic acids is 1. The van der Waals surface area contributed by atoms with E-state index in [-0.39, 0.29) is 12.3 Å². The van der Waals surface area contributed by atoms with Gasteiger partial charge in [-0.1, -0.05) is 5.16 Å². The van der Waals surface area contributed by atoms with Gasteiger partial charge < -0.3 is 19.0 Å². The lowest BCUT2D eigenvalue weighted by Crippen LogP contribution is -2.46. The second-order valence-corrected chi connectivity index (χ2v) is 3.15. The molecule has 0 amide bonds. The summed E-state index contributed by atoms with van der Waals surface area (Å²) in [4.78, 5) is 16.4. The zero-order chi connectivity index (χ0) is 13.3. The molecule has 0 N–H and O–H groups in total. The van der Waals surface area contributed by atoms with Crippen molar-refractivity contribution in [1.82, 2.24) is 0 Å². The van der Waals surface area contributed by atoms with Gasteiger partial charge in [-0.2, -0.15) is 0 Å². The van der Waals surface area contributed by atoms with Crippen LogP contribution >= 0.6 is 0 Å². The standard InChI is InChI=1S/C11H21NO5/c1-6-15-10(13)9(12-14-5)11(4,16-7-2)17-8-3/h6-8H2,1-5H3. The zero-order valence-corrected chi connectivity index (χ0v) is 11.1. The van der Waals surface area contributed by atoms with Gasteiger partial charge in [-0.05, 0) is 27.7 Å². The summed E-state index contributed by atoms with van der Waals surface area (Å²) in [5, 5.41) is 3.64. The van der Waals surface area contributed by atoms with E-state index >= 15 is 0 Å². The molecule has 0 aromatic rings. The van der Waals surface area contributed by atoms with E-state index in [1.165, 1.54) is 7.11 Å². The third-order valence-corrected chi connectivity index (χ3v) is 1.92. The molecule has 0 aromatic carbocycles. The fourth-order valence-electron chi connectivity index (χ4n) is 1.33. The Morgan fingerprint density at radius 1 is 1.12 bits per heavy atom. The first-order valence-corrected chi connectivity index (χ1v) is 5.62. The predicted octanol–water partition coefficient (Wildman–Crippen LogP) is 1.34. The van der Waals surface area contributed by atoms with Gasteiger partial charge in [0.2, 0.25) is 11.5 Å². The van der Waals surface area contributed by atoms with E-state index in [4.69, 9.17) is 14.2 Å². The molecule has 17 heavy (non-hydrogen) atoms. The van der Waals surface area contributed by atoms with Gasteiger partial charge in [0.25, 0.3) is 0 Å². The van der Waals surface area contributed by atoms with Crippen molar-refractivity contribution in [2.45, 2.75) is 33.5 Å². The summed E-state index contributed by atoms with van der Waals surface area (Å²) in [5.41, 5.74) is -0.0365. The van der Waals surface area contributed by atoms with E-state index in [1.54, 1.807) is 27.7 Å². The van der Waals surface area contributed by atoms with Crippen LogP contribution in [0.4, 0.5) is 0 Å². The van der Waals surface area contributed by atoms with Crippen molar-refractivity contribution in [2.75, 3.05) is 26.9 Å². The Hall–Kier alpha value is -1.14. The first-order chi connectivity index (χ1) is 8.05. The summed E-state index contributed by atoms with van der Waals surface area (Å²) >= 11 is 0. The number of carbonyl (C=O) groups is 1. The van der Waals surface area contributed by atoms with E-state index in [0.29, 0.717) is 13.2 Å². The van der Waals surface area contributed by atoms with Crippen molar-refractivity contribution in [3.8, 4) is 0 Å². The minimum atomic E-state index is -1.26. The molecular weight excluding hydrogens is 226 g/mol. The largest absolute Gasteiger partial charge is 0.461 e. The SMILES string of the molecule is CCOC(=O)C(=NOC)C(C)(OCC)OCC. The van der Waals surface area contributed by atoms with E-state index in [0.717, 1.165) is 0 Å². The molecule has 0 unspecified atom stereocenters. The quantitative estimate of drug-likeness (QED) is 0.280. The molecule has 0 heterocycles. The summed E-state index contributed by atoms with van der Waals surface area (Å²) in [6.45, 7) is 7.91. The number of rotatable bonds is 8. The molecule has 0 rings (SSSR count). The van der Waals surface area contributed by atoms with Crippen LogP contribution in [0, 0.1) is 0 Å². The maximum Gasteiger partial charge on any atom is 0.361 e. The molecule has 0 saturated carbocycles. The van der Waals surface area contributed by atoms with Gasteiger partial charge in [0, 0.05) is 13.2 Å². The topological polar surface area (TPSA) is 66.4 Å². The minimum Gasteiger partial charge on any atom is -0.461 e. The Morgan fingerprint density at radius 3 is 2.00 bits per heavy atom. The Kier molecular flexibility index (Phi) is 7.49. The normalized spacial score (nSPS) is 12.4. The maximum atomic E-state index is 11.7. The molecular formula is C11H21NO5. The lowest BCUT2D eigenvalue weighted by molar-refractivity contribution is -0.177. The molecule has 100 valence electrons. The third-order valence-electron chi connectivity index (χ3n) is 1.92. The fourth-order valence-corrected chi connectivity index (χ4v) is 1.33. The molecule has 0 saturated heterocycles. The highest BCUT2D eigenvalue weighted by molar-refractivity contribution is 6.39. The van der Waals surface area contributed by atoms with Gasteiger partial charge in [-0.25, -0.2) is 4.79 Å². The summed E-state index contributed by atoms with van der Waals surface area (Å²) < 4.78 is 15.7. The van der Waals surface area contributed by atoms with Gasteiger partial charge in [0.15, 0.2) is 0 Å². The number of esters is 1. The van der Waals surface area contributed by atoms with Crippen molar-refractivity contribution in [3.05, 3.63) is 0 Å². The van der Waals surface area contributed by atoms with Crippen molar-refractivity contribution >= 4 is 11.7 Å². The molecule has 0 aromatic heterocycles. The van der Waals surface area contributed by atoms with Crippen LogP contribution in [0.15, 0.2) is 5.16 Å². The van der Waals surface area contributed by atoms with E-state index in [1.807, 2.05) is 0 Å². The van der Waals surface area contributed by atoms with Gasteiger partial charge in [-0.3, -0.25) is 0 Å². The zero-order valence-electron chi connectivity index (χ0n) is 11.1. The highest BCUT2D eigenvalue weighted by Gasteiger charge is 2.39. The van der Waals surface area contributed by atoms with Crippen molar-refractivity contribution in [1.29, 1.82) is 0 Å². The van der Waals surface area contributed by atoms with Crippen LogP contribution in [0.5, 0.6) is 0 Å². The molecule has 0 fully saturated rings. The predicted molar refractivity (Wildman–Crippen MR) is 62.7 cm³/mol. The summed E-state index contributed by atoms with van der Waals surface area (Å²) in [6, 6.07) is 0. The van der Waals surface area contributed by atoms with Crippen LogP contribution in [0.25, 0.3) is 0 Å². The Morgan fingerprint density at radius 2 is 1.65 bits per heavy atom. The average Bonchev–Trinajstić information content (AvgIpc) is 2.26. The highest BCUT2D eigenvalue weighted by Crippen LogP contribution is 2.17. The number of hydrogen-bond donors (Lipinski definition) is 0. The number of hydrogen-bond acceptors (Lipinski definition) is 6. The van der Waals surface area contributed by atoms with Crippen LogP contribution < -0.4 is 0 Å². The van der Waals surface area contributed by atoms with Crippen LogP contribution in [0.2, 0.25) is 0 Å². The van der Waals surface area contributed by atoms with E-state index in [2.05, 4.69) is 9.99 Å². The smallest absolute Gasteiger partial charge is 0.361 e. The van der Waals surface area contributed by atoms with Crippen molar-refractivity contribution in [3.63, 3.8) is 0 Å². The van der Waals surface area contributed by atoms with Crippen molar-refractivity contribution < 1.29 is 23.8 Å². The molecule has 0 atom stereocenters. The van der Waals surface area contributed by atoms with E-state index < -0.39 is 11.8 Å². The fraction of sp³-hybridized carbons (Fsp3) is 0.818. The molecule has 0 aliphatic rings. The van der Waals surface area contributed by atoms with Crippen molar-refractivity contribution in [2.24, 2.45) is 5.16 Å². The third kappa shape index (κ3) is 4.70. The van der Waals surface area contributed by atoms with Crippen LogP contribution in [0.1, 0.15) is 27.7 Å². The summed E-state index contributed by atoms with van der Waals surface area (Å²) in [6.07, 6.45) is 0. The second-order valence-electron chi connectivity index (χ2n) is 3.15. The van der Waals surface area contributed by atoms with Crippen LogP contribution in [-0.2, 0) is 23.8 Å². The first-order valence-electron chi connectivity index (χ1n) is 5.62. The van der Waals surface area contributed by atoms with Gasteiger partial charge >= 0.3 is 5.97 Å². The Balaban J connectivity index is 5.09. The lowest BCUT2D eigenvalue weighted by atomic mass is 10.2. The van der Waals surface area contributed by atoms with E-state index in [9.17, 15) is 4.79 Å². The highest BCUT2D eigenvalue weighted by atomic mass is 16.7. The maximum absolute atomic E-state index is 11.7. The minimum absolute atomic E-state index is 0.0365. The molecule has 6 heteroatoms. The summed E-state index contributed by atoms with van der Waals surface area (Å²) in [7, 11) is 1.34.